The van der Waals surface area contributed by atoms with Crippen LogP contribution >= 0.6 is 11.8 Å². The normalized spacial score (nSPS) is 13.5. The predicted octanol–water partition coefficient (Wildman–Crippen LogP) is 2.28. The van der Waals surface area contributed by atoms with E-state index in [1.165, 1.54) is 0 Å². The third-order valence-electron chi connectivity index (χ3n) is 3.58. The number of amides is 2. The molecule has 2 heterocycles. The lowest BCUT2D eigenvalue weighted by atomic mass is 10.2. The molecule has 0 atom stereocenters. The summed E-state index contributed by atoms with van der Waals surface area (Å²) in [6.45, 7) is 0.683. The zero-order chi connectivity index (χ0) is 16.2. The Morgan fingerprint density at radius 3 is 2.87 bits per heavy atom. The molecule has 23 heavy (non-hydrogen) atoms. The van der Waals surface area contributed by atoms with E-state index in [-0.39, 0.29) is 24.7 Å². The number of benzene rings is 1. The van der Waals surface area contributed by atoms with Crippen molar-refractivity contribution in [2.75, 3.05) is 22.5 Å². The minimum absolute atomic E-state index is 0.0195. The highest BCUT2D eigenvalue weighted by atomic mass is 32.2. The van der Waals surface area contributed by atoms with Crippen molar-refractivity contribution in [3.8, 4) is 0 Å². The second-order valence-electron chi connectivity index (χ2n) is 5.28. The van der Waals surface area contributed by atoms with Gasteiger partial charge >= 0.3 is 0 Å². The van der Waals surface area contributed by atoms with Gasteiger partial charge in [0.1, 0.15) is 0 Å². The number of aryl methyl sites for hydroxylation is 1. The molecule has 6 nitrogen and oxygen atoms in total. The monoisotopic (exact) mass is 330 g/mol. The van der Waals surface area contributed by atoms with Gasteiger partial charge in [-0.25, -0.2) is 0 Å². The number of fused-ring (bicyclic) bond motifs is 1. The highest BCUT2D eigenvalue weighted by molar-refractivity contribution is 7.99. The molecule has 0 bridgehead atoms. The molecule has 0 spiro atoms. The Morgan fingerprint density at radius 2 is 2.09 bits per heavy atom. The summed E-state index contributed by atoms with van der Waals surface area (Å²) < 4.78 is 1.61. The lowest BCUT2D eigenvalue weighted by Crippen LogP contribution is -2.35. The maximum Gasteiger partial charge on any atom is 0.227 e. The molecule has 3 rings (SSSR count). The Morgan fingerprint density at radius 1 is 1.26 bits per heavy atom. The number of thioether (sulfide) groups is 1. The van der Waals surface area contributed by atoms with Gasteiger partial charge in [-0.3, -0.25) is 14.3 Å². The van der Waals surface area contributed by atoms with E-state index in [2.05, 4.69) is 10.4 Å². The van der Waals surface area contributed by atoms with E-state index < -0.39 is 0 Å². The standard InChI is InChI=1S/C16H18N4O2S/c1-19-9-8-14(18-19)17-15(21)6-7-16(22)20-10-11-23-13-5-3-2-4-12(13)20/h2-5,8-9H,6-7,10-11H2,1H3,(H,17,18,21). The van der Waals surface area contributed by atoms with E-state index in [0.29, 0.717) is 12.4 Å². The first-order valence-corrected chi connectivity index (χ1v) is 8.44. The number of hydrogen-bond acceptors (Lipinski definition) is 4. The van der Waals surface area contributed by atoms with Crippen LogP contribution in [0.4, 0.5) is 11.5 Å². The Kier molecular flexibility index (Phi) is 4.66. The fourth-order valence-corrected chi connectivity index (χ4v) is 3.47. The van der Waals surface area contributed by atoms with E-state index in [4.69, 9.17) is 0 Å². The average Bonchev–Trinajstić information content (AvgIpc) is 2.97. The number of carbonyl (C=O) groups excluding carboxylic acids is 2. The van der Waals surface area contributed by atoms with E-state index in [0.717, 1.165) is 16.3 Å². The van der Waals surface area contributed by atoms with Gasteiger partial charge in [0.15, 0.2) is 5.82 Å². The van der Waals surface area contributed by atoms with Crippen LogP contribution in [0.15, 0.2) is 41.4 Å². The molecular formula is C16H18N4O2S. The van der Waals surface area contributed by atoms with Gasteiger partial charge in [-0.2, -0.15) is 5.10 Å². The van der Waals surface area contributed by atoms with Crippen molar-refractivity contribution in [3.63, 3.8) is 0 Å². The molecule has 0 saturated heterocycles. The molecule has 0 unspecified atom stereocenters. The third-order valence-corrected chi connectivity index (χ3v) is 4.62. The van der Waals surface area contributed by atoms with Crippen LogP contribution in [0.2, 0.25) is 0 Å². The van der Waals surface area contributed by atoms with Crippen LogP contribution in [0, 0.1) is 0 Å². The summed E-state index contributed by atoms with van der Waals surface area (Å²) in [6.07, 6.45) is 2.10. The molecule has 1 N–H and O–H groups in total. The number of nitrogens with zero attached hydrogens (tertiary/aromatic N) is 3. The van der Waals surface area contributed by atoms with E-state index in [9.17, 15) is 9.59 Å². The molecule has 0 saturated carbocycles. The third kappa shape index (κ3) is 3.73. The second-order valence-corrected chi connectivity index (χ2v) is 6.42. The van der Waals surface area contributed by atoms with Gasteiger partial charge in [-0.1, -0.05) is 12.1 Å². The lowest BCUT2D eigenvalue weighted by Gasteiger charge is -2.29. The fraction of sp³-hybridized carbons (Fsp3) is 0.312. The topological polar surface area (TPSA) is 67.2 Å². The molecule has 120 valence electrons. The number of anilines is 2. The number of para-hydroxylation sites is 1. The van der Waals surface area contributed by atoms with Crippen LogP contribution in [0.5, 0.6) is 0 Å². The second kappa shape index (κ2) is 6.87. The minimum atomic E-state index is -0.197. The van der Waals surface area contributed by atoms with Gasteiger partial charge in [0.2, 0.25) is 11.8 Å². The number of hydrogen-bond donors (Lipinski definition) is 1. The van der Waals surface area contributed by atoms with Crippen molar-refractivity contribution in [2.24, 2.45) is 7.05 Å². The molecule has 7 heteroatoms. The van der Waals surface area contributed by atoms with Gasteiger partial charge in [-0.15, -0.1) is 11.8 Å². The Bertz CT molecular complexity index is 728. The van der Waals surface area contributed by atoms with Crippen molar-refractivity contribution >= 4 is 35.1 Å². The zero-order valence-electron chi connectivity index (χ0n) is 12.9. The van der Waals surface area contributed by atoms with E-state index in [1.54, 1.807) is 40.7 Å². The van der Waals surface area contributed by atoms with Gasteiger partial charge in [-0.05, 0) is 12.1 Å². The zero-order valence-corrected chi connectivity index (χ0v) is 13.7. The summed E-state index contributed by atoms with van der Waals surface area (Å²) in [5.41, 5.74) is 0.943. The van der Waals surface area contributed by atoms with Crippen LogP contribution in [0.3, 0.4) is 0 Å². The Labute approximate surface area is 138 Å². The van der Waals surface area contributed by atoms with Gasteiger partial charge < -0.3 is 10.2 Å². The molecule has 1 aromatic heterocycles. The maximum atomic E-state index is 12.4. The van der Waals surface area contributed by atoms with Crippen molar-refractivity contribution in [1.82, 2.24) is 9.78 Å². The number of rotatable bonds is 4. The molecule has 1 aliphatic rings. The average molecular weight is 330 g/mol. The van der Waals surface area contributed by atoms with Crippen LogP contribution in [0.1, 0.15) is 12.8 Å². The highest BCUT2D eigenvalue weighted by Crippen LogP contribution is 2.34. The van der Waals surface area contributed by atoms with Crippen molar-refractivity contribution < 1.29 is 9.59 Å². The summed E-state index contributed by atoms with van der Waals surface area (Å²) >= 11 is 1.75. The number of nitrogens with one attached hydrogen (secondary N) is 1. The van der Waals surface area contributed by atoms with Crippen molar-refractivity contribution in [3.05, 3.63) is 36.5 Å². The number of aromatic nitrogens is 2. The molecule has 1 aliphatic heterocycles. The molecule has 0 fully saturated rings. The lowest BCUT2D eigenvalue weighted by molar-refractivity contribution is -0.122. The smallest absolute Gasteiger partial charge is 0.227 e. The first-order chi connectivity index (χ1) is 11.1. The van der Waals surface area contributed by atoms with Gasteiger partial charge in [0, 0.05) is 49.3 Å². The highest BCUT2D eigenvalue weighted by Gasteiger charge is 2.22. The van der Waals surface area contributed by atoms with E-state index >= 15 is 0 Å². The molecular weight excluding hydrogens is 312 g/mol. The molecule has 0 aliphatic carbocycles. The minimum Gasteiger partial charge on any atom is -0.310 e. The first-order valence-electron chi connectivity index (χ1n) is 7.45. The summed E-state index contributed by atoms with van der Waals surface area (Å²) in [4.78, 5) is 27.3. The van der Waals surface area contributed by atoms with Gasteiger partial charge in [0.25, 0.3) is 0 Å². The van der Waals surface area contributed by atoms with Crippen LogP contribution in [-0.4, -0.2) is 33.9 Å². The van der Waals surface area contributed by atoms with Gasteiger partial charge in [0.05, 0.1) is 5.69 Å². The van der Waals surface area contributed by atoms with Crippen LogP contribution in [0.25, 0.3) is 0 Å². The van der Waals surface area contributed by atoms with E-state index in [1.807, 2.05) is 24.3 Å². The maximum absolute atomic E-state index is 12.4. The summed E-state index contributed by atoms with van der Waals surface area (Å²) in [6, 6.07) is 9.59. The van der Waals surface area contributed by atoms with Crippen LogP contribution in [-0.2, 0) is 16.6 Å². The number of carbonyl (C=O) groups is 2. The SMILES string of the molecule is Cn1ccc(NC(=O)CCC(=O)N2CCSc3ccccc32)n1. The quantitative estimate of drug-likeness (QED) is 0.934. The predicted molar refractivity (Wildman–Crippen MR) is 90.6 cm³/mol. The Balaban J connectivity index is 1.57. The molecule has 2 aromatic rings. The summed E-state index contributed by atoms with van der Waals surface area (Å²) in [5.74, 6) is 1.17. The summed E-state index contributed by atoms with van der Waals surface area (Å²) in [5, 5.41) is 6.78. The Hall–Kier alpha value is -2.28. The molecule has 0 radical (unpaired) electrons. The van der Waals surface area contributed by atoms with Crippen molar-refractivity contribution in [2.45, 2.75) is 17.7 Å². The van der Waals surface area contributed by atoms with Crippen LogP contribution < -0.4 is 10.2 Å². The van der Waals surface area contributed by atoms with Crippen molar-refractivity contribution in [1.29, 1.82) is 0 Å². The molecule has 2 amide bonds. The first kappa shape index (κ1) is 15.6. The molecule has 1 aromatic carbocycles. The summed E-state index contributed by atoms with van der Waals surface area (Å²) in [7, 11) is 1.78. The fourth-order valence-electron chi connectivity index (χ4n) is 2.47. The largest absolute Gasteiger partial charge is 0.310 e.